The highest BCUT2D eigenvalue weighted by atomic mass is 127. The third kappa shape index (κ3) is 2.23. The number of aromatic carboxylic acids is 1. The van der Waals surface area contributed by atoms with Crippen LogP contribution in [-0.4, -0.2) is 11.1 Å². The highest BCUT2D eigenvalue weighted by Gasteiger charge is 2.16. The molecule has 1 aromatic carbocycles. The summed E-state index contributed by atoms with van der Waals surface area (Å²) in [6, 6.07) is 1.64. The molecule has 0 aromatic heterocycles. The van der Waals surface area contributed by atoms with E-state index in [2.05, 4.69) is 38.5 Å². The summed E-state index contributed by atoms with van der Waals surface area (Å²) in [6.45, 7) is 1.88. The topological polar surface area (TPSA) is 37.3 Å². The molecule has 0 aliphatic carbocycles. The smallest absolute Gasteiger partial charge is 0.336 e. The van der Waals surface area contributed by atoms with Crippen LogP contribution < -0.4 is 0 Å². The maximum absolute atomic E-state index is 10.9. The van der Waals surface area contributed by atoms with E-state index in [4.69, 9.17) is 16.7 Å². The van der Waals surface area contributed by atoms with Crippen molar-refractivity contribution in [2.45, 2.75) is 12.3 Å². The fraction of sp³-hybridized carbons (Fsp3) is 0.222. The van der Waals surface area contributed by atoms with Crippen molar-refractivity contribution in [3.8, 4) is 0 Å². The number of hydrogen-bond donors (Lipinski definition) is 1. The number of carbonyl (C=O) groups is 1. The van der Waals surface area contributed by atoms with Gasteiger partial charge in [0.1, 0.15) is 0 Å². The molecule has 0 saturated carbocycles. The first-order valence-corrected chi connectivity index (χ1v) is 6.33. The molecule has 0 fully saturated rings. The van der Waals surface area contributed by atoms with E-state index in [1.54, 1.807) is 6.07 Å². The van der Waals surface area contributed by atoms with Crippen molar-refractivity contribution in [1.82, 2.24) is 0 Å². The van der Waals surface area contributed by atoms with Gasteiger partial charge < -0.3 is 5.11 Å². The maximum atomic E-state index is 10.9. The lowest BCUT2D eigenvalue weighted by molar-refractivity contribution is 0.0696. The Morgan fingerprint density at radius 1 is 1.71 bits per heavy atom. The van der Waals surface area contributed by atoms with Gasteiger partial charge in [0.15, 0.2) is 0 Å². The maximum Gasteiger partial charge on any atom is 0.336 e. The molecule has 76 valence electrons. The average molecular weight is 389 g/mol. The number of benzene rings is 1. The minimum absolute atomic E-state index is 0.266. The lowest BCUT2D eigenvalue weighted by Gasteiger charge is -2.10. The van der Waals surface area contributed by atoms with E-state index in [1.165, 1.54) is 0 Å². The van der Waals surface area contributed by atoms with Gasteiger partial charge in [-0.25, -0.2) is 4.79 Å². The second-order valence-corrected chi connectivity index (χ2v) is 4.86. The molecule has 1 N–H and O–H groups in total. The molecule has 0 atom stereocenters. The molecule has 1 aromatic rings. The van der Waals surface area contributed by atoms with Crippen molar-refractivity contribution < 1.29 is 9.90 Å². The van der Waals surface area contributed by atoms with Gasteiger partial charge in [0.2, 0.25) is 0 Å². The van der Waals surface area contributed by atoms with Crippen LogP contribution in [-0.2, 0) is 5.33 Å². The van der Waals surface area contributed by atoms with E-state index in [9.17, 15) is 4.79 Å². The van der Waals surface area contributed by atoms with E-state index in [-0.39, 0.29) is 5.56 Å². The second-order valence-electron chi connectivity index (χ2n) is 2.76. The number of hydrogen-bond acceptors (Lipinski definition) is 1. The normalized spacial score (nSPS) is 10.3. The van der Waals surface area contributed by atoms with Gasteiger partial charge in [-0.3, -0.25) is 0 Å². The highest BCUT2D eigenvalue weighted by Crippen LogP contribution is 2.30. The number of alkyl halides is 1. The zero-order valence-corrected chi connectivity index (χ0v) is 11.8. The highest BCUT2D eigenvalue weighted by molar-refractivity contribution is 14.1. The van der Waals surface area contributed by atoms with Crippen LogP contribution in [0.2, 0.25) is 5.02 Å². The largest absolute Gasteiger partial charge is 0.478 e. The van der Waals surface area contributed by atoms with Gasteiger partial charge in [-0.2, -0.15) is 0 Å². The van der Waals surface area contributed by atoms with E-state index in [1.807, 2.05) is 6.92 Å². The van der Waals surface area contributed by atoms with Crippen molar-refractivity contribution in [3.63, 3.8) is 0 Å². The molecular formula is C9H7BrClIO2. The Bertz CT molecular complexity index is 393. The van der Waals surface area contributed by atoms with Gasteiger partial charge in [0, 0.05) is 13.9 Å². The molecule has 0 bridgehead atoms. The zero-order valence-electron chi connectivity index (χ0n) is 7.27. The molecular weight excluding hydrogens is 382 g/mol. The predicted molar refractivity (Wildman–Crippen MR) is 68.5 cm³/mol. The Hall–Kier alpha value is 0.190. The summed E-state index contributed by atoms with van der Waals surface area (Å²) < 4.78 is 0.870. The standard InChI is InChI=1S/C9H7BrClIO2/c1-4-7(12)2-5(9(13)14)6(3-10)8(4)11/h2H,3H2,1H3,(H,13,14). The molecule has 2 nitrogen and oxygen atoms in total. The molecule has 0 aliphatic heterocycles. The molecule has 5 heteroatoms. The van der Waals surface area contributed by atoms with Gasteiger partial charge in [-0.05, 0) is 46.7 Å². The van der Waals surface area contributed by atoms with Crippen LogP contribution >= 0.6 is 50.1 Å². The summed E-state index contributed by atoms with van der Waals surface area (Å²) in [5.41, 5.74) is 1.82. The second kappa shape index (κ2) is 4.81. The van der Waals surface area contributed by atoms with Gasteiger partial charge in [0.05, 0.1) is 5.56 Å². The summed E-state index contributed by atoms with van der Waals surface area (Å²) in [7, 11) is 0. The molecule has 0 radical (unpaired) electrons. The first kappa shape index (κ1) is 12.3. The third-order valence-electron chi connectivity index (χ3n) is 1.91. The molecule has 0 unspecified atom stereocenters. The summed E-state index contributed by atoms with van der Waals surface area (Å²) in [5, 5.41) is 9.94. The predicted octanol–water partition coefficient (Wildman–Crippen LogP) is 3.85. The van der Waals surface area contributed by atoms with Crippen molar-refractivity contribution >= 4 is 56.1 Å². The molecule has 0 saturated heterocycles. The molecule has 14 heavy (non-hydrogen) atoms. The SMILES string of the molecule is Cc1c(I)cc(C(=O)O)c(CBr)c1Cl. The molecule has 0 aliphatic rings. The number of rotatable bonds is 2. The Kier molecular flexibility index (Phi) is 4.21. The molecule has 0 amide bonds. The molecule has 1 rings (SSSR count). The van der Waals surface area contributed by atoms with E-state index < -0.39 is 5.97 Å². The summed E-state index contributed by atoms with van der Waals surface area (Å²) in [4.78, 5) is 10.9. The van der Waals surface area contributed by atoms with Crippen LogP contribution in [0.1, 0.15) is 21.5 Å². The molecule has 0 heterocycles. The van der Waals surface area contributed by atoms with Crippen molar-refractivity contribution in [2.24, 2.45) is 0 Å². The lowest BCUT2D eigenvalue weighted by atomic mass is 10.1. The zero-order chi connectivity index (χ0) is 10.9. The van der Waals surface area contributed by atoms with Gasteiger partial charge in [-0.15, -0.1) is 0 Å². The Balaban J connectivity index is 3.51. The van der Waals surface area contributed by atoms with Gasteiger partial charge >= 0.3 is 5.97 Å². The number of halogens is 3. The van der Waals surface area contributed by atoms with Crippen molar-refractivity contribution in [1.29, 1.82) is 0 Å². The fourth-order valence-corrected chi connectivity index (χ4v) is 2.85. The Labute approximate surface area is 109 Å². The minimum atomic E-state index is -0.945. The van der Waals surface area contributed by atoms with E-state index >= 15 is 0 Å². The monoisotopic (exact) mass is 388 g/mol. The summed E-state index contributed by atoms with van der Waals surface area (Å²) in [5.74, 6) is -0.945. The van der Waals surface area contributed by atoms with Crippen molar-refractivity contribution in [3.05, 3.63) is 31.3 Å². The minimum Gasteiger partial charge on any atom is -0.478 e. The van der Waals surface area contributed by atoms with Crippen LogP contribution in [0.3, 0.4) is 0 Å². The summed E-state index contributed by atoms with van der Waals surface area (Å²) in [6.07, 6.45) is 0. The first-order valence-electron chi connectivity index (χ1n) is 3.75. The number of carboxylic acid groups (broad SMARTS) is 1. The Morgan fingerprint density at radius 2 is 2.29 bits per heavy atom. The summed E-state index contributed by atoms with van der Waals surface area (Å²) >= 11 is 11.4. The van der Waals surface area contributed by atoms with E-state index in [0.717, 1.165) is 9.13 Å². The van der Waals surface area contributed by atoms with Crippen LogP contribution in [0.25, 0.3) is 0 Å². The third-order valence-corrected chi connectivity index (χ3v) is 4.11. The van der Waals surface area contributed by atoms with Crippen LogP contribution in [0.4, 0.5) is 0 Å². The fourth-order valence-electron chi connectivity index (χ4n) is 1.09. The lowest BCUT2D eigenvalue weighted by Crippen LogP contribution is -2.04. The molecule has 0 spiro atoms. The van der Waals surface area contributed by atoms with Crippen molar-refractivity contribution in [2.75, 3.05) is 0 Å². The van der Waals surface area contributed by atoms with Gasteiger partial charge in [-0.1, -0.05) is 27.5 Å². The first-order chi connectivity index (χ1) is 6.49. The average Bonchev–Trinajstić information content (AvgIpc) is 2.13. The quantitative estimate of drug-likeness (QED) is 0.616. The van der Waals surface area contributed by atoms with Crippen LogP contribution in [0, 0.1) is 10.5 Å². The number of carboxylic acids is 1. The van der Waals surface area contributed by atoms with Crippen LogP contribution in [0.15, 0.2) is 6.07 Å². The van der Waals surface area contributed by atoms with E-state index in [0.29, 0.717) is 15.9 Å². The van der Waals surface area contributed by atoms with Gasteiger partial charge in [0.25, 0.3) is 0 Å². The van der Waals surface area contributed by atoms with Crippen LogP contribution in [0.5, 0.6) is 0 Å². The Morgan fingerprint density at radius 3 is 2.71 bits per heavy atom.